The predicted octanol–water partition coefficient (Wildman–Crippen LogP) is 5.41. The maximum absolute atomic E-state index is 6.05. The van der Waals surface area contributed by atoms with Gasteiger partial charge in [-0.2, -0.15) is 0 Å². The number of nitrogens with one attached hydrogen (secondary N) is 2. The third kappa shape index (κ3) is 4.49. The lowest BCUT2D eigenvalue weighted by Gasteiger charge is -2.12. The van der Waals surface area contributed by atoms with E-state index in [4.69, 9.17) is 35.4 Å². The lowest BCUT2D eigenvalue weighted by atomic mass is 10.3. The van der Waals surface area contributed by atoms with Gasteiger partial charge in [-0.15, -0.1) is 0 Å². The minimum atomic E-state index is 0.463. The molecule has 0 unspecified atom stereocenters. The molecule has 6 heteroatoms. The molecule has 2 rings (SSSR count). The van der Waals surface area contributed by atoms with Crippen LogP contribution in [-0.2, 0) is 0 Å². The highest BCUT2D eigenvalue weighted by Gasteiger charge is 2.04. The van der Waals surface area contributed by atoms with Crippen molar-refractivity contribution in [2.75, 3.05) is 10.6 Å². The topological polar surface area (TPSA) is 24.1 Å². The highest BCUT2D eigenvalue weighted by molar-refractivity contribution is 14.1. The third-order valence-corrected chi connectivity index (χ3v) is 3.77. The molecule has 2 aromatic carbocycles. The van der Waals surface area contributed by atoms with Gasteiger partial charge in [0.2, 0.25) is 0 Å². The summed E-state index contributed by atoms with van der Waals surface area (Å²) in [5.74, 6) is 0. The van der Waals surface area contributed by atoms with Gasteiger partial charge in [-0.05, 0) is 77.3 Å². The molecule has 19 heavy (non-hydrogen) atoms. The van der Waals surface area contributed by atoms with Gasteiger partial charge in [-0.3, -0.25) is 0 Å². The standard InChI is InChI=1S/C13H9Cl2IN2S/c14-8-1-6-11(15)12(7-8)18-13(19)17-10-4-2-9(16)3-5-10/h1-7H,(H2,17,18,19). The second-order valence-electron chi connectivity index (χ2n) is 3.71. The molecule has 0 aromatic heterocycles. The molecule has 0 spiro atoms. The van der Waals surface area contributed by atoms with E-state index in [2.05, 4.69) is 33.2 Å². The second-order valence-corrected chi connectivity index (χ2v) is 6.21. The fraction of sp³-hybridized carbons (Fsp3) is 0. The molecular weight excluding hydrogens is 414 g/mol. The molecule has 0 aliphatic heterocycles. The Kier molecular flexibility index (Phi) is 5.27. The summed E-state index contributed by atoms with van der Waals surface area (Å²) in [6.45, 7) is 0. The van der Waals surface area contributed by atoms with E-state index in [0.717, 1.165) is 5.69 Å². The summed E-state index contributed by atoms with van der Waals surface area (Å²) in [5, 5.41) is 7.73. The SMILES string of the molecule is S=C(Nc1ccc(I)cc1)Nc1cc(Cl)ccc1Cl. The van der Waals surface area contributed by atoms with Crippen LogP contribution in [0.1, 0.15) is 0 Å². The Balaban J connectivity index is 2.05. The van der Waals surface area contributed by atoms with Crippen LogP contribution in [0.5, 0.6) is 0 Å². The summed E-state index contributed by atoms with van der Waals surface area (Å²) in [6, 6.07) is 13.1. The molecule has 0 bridgehead atoms. The fourth-order valence-corrected chi connectivity index (χ4v) is 2.34. The van der Waals surface area contributed by atoms with Crippen molar-refractivity contribution in [1.82, 2.24) is 0 Å². The van der Waals surface area contributed by atoms with Crippen LogP contribution in [-0.4, -0.2) is 5.11 Å². The van der Waals surface area contributed by atoms with E-state index in [1.165, 1.54) is 3.57 Å². The highest BCUT2D eigenvalue weighted by atomic mass is 127. The summed E-state index contributed by atoms with van der Waals surface area (Å²) in [4.78, 5) is 0. The van der Waals surface area contributed by atoms with E-state index in [0.29, 0.717) is 20.8 Å². The molecule has 98 valence electrons. The molecule has 2 aromatic rings. The molecule has 0 amide bonds. The van der Waals surface area contributed by atoms with E-state index in [9.17, 15) is 0 Å². The molecule has 0 aliphatic rings. The zero-order chi connectivity index (χ0) is 13.8. The summed E-state index contributed by atoms with van der Waals surface area (Å²) < 4.78 is 1.17. The number of benzene rings is 2. The Hall–Kier alpha value is -0.560. The van der Waals surface area contributed by atoms with Gasteiger partial charge in [0.15, 0.2) is 5.11 Å². The number of thiocarbonyl (C=S) groups is 1. The third-order valence-electron chi connectivity index (χ3n) is 2.28. The lowest BCUT2D eigenvalue weighted by molar-refractivity contribution is 1.58. The largest absolute Gasteiger partial charge is 0.332 e. The van der Waals surface area contributed by atoms with E-state index in [1.807, 2.05) is 24.3 Å². The van der Waals surface area contributed by atoms with Crippen molar-refractivity contribution >= 4 is 74.5 Å². The highest BCUT2D eigenvalue weighted by Crippen LogP contribution is 2.25. The Bertz CT molecular complexity index is 602. The Morgan fingerprint density at radius 3 is 2.37 bits per heavy atom. The van der Waals surface area contributed by atoms with Gasteiger partial charge in [-0.25, -0.2) is 0 Å². The molecule has 0 fully saturated rings. The quantitative estimate of drug-likeness (QED) is 0.500. The van der Waals surface area contributed by atoms with Crippen molar-refractivity contribution in [2.45, 2.75) is 0 Å². The van der Waals surface area contributed by atoms with Crippen molar-refractivity contribution < 1.29 is 0 Å². The van der Waals surface area contributed by atoms with Crippen LogP contribution in [0.2, 0.25) is 10.0 Å². The van der Waals surface area contributed by atoms with Gasteiger partial charge >= 0.3 is 0 Å². The van der Waals surface area contributed by atoms with Crippen molar-refractivity contribution in [3.05, 3.63) is 56.1 Å². The monoisotopic (exact) mass is 422 g/mol. The average molecular weight is 423 g/mol. The van der Waals surface area contributed by atoms with Crippen LogP contribution in [0.25, 0.3) is 0 Å². The lowest BCUT2D eigenvalue weighted by Crippen LogP contribution is -2.19. The van der Waals surface area contributed by atoms with Crippen molar-refractivity contribution in [1.29, 1.82) is 0 Å². The summed E-state index contributed by atoms with van der Waals surface area (Å²) in [5.41, 5.74) is 1.59. The maximum atomic E-state index is 6.05. The van der Waals surface area contributed by atoms with Crippen LogP contribution in [0, 0.1) is 3.57 Å². The molecule has 0 atom stereocenters. The van der Waals surface area contributed by atoms with Crippen LogP contribution >= 0.6 is 58.0 Å². The van der Waals surface area contributed by atoms with Gasteiger partial charge in [0.25, 0.3) is 0 Å². The fourth-order valence-electron chi connectivity index (χ4n) is 1.41. The molecule has 0 saturated carbocycles. The molecule has 2 nitrogen and oxygen atoms in total. The zero-order valence-corrected chi connectivity index (χ0v) is 14.1. The van der Waals surface area contributed by atoms with Crippen molar-refractivity contribution in [3.8, 4) is 0 Å². The Labute approximate surface area is 140 Å². The summed E-state index contributed by atoms with van der Waals surface area (Å²) in [7, 11) is 0. The van der Waals surface area contributed by atoms with E-state index in [1.54, 1.807) is 18.2 Å². The Morgan fingerprint density at radius 2 is 1.68 bits per heavy atom. The number of anilines is 2. The van der Waals surface area contributed by atoms with E-state index < -0.39 is 0 Å². The molecule has 0 radical (unpaired) electrons. The van der Waals surface area contributed by atoms with Crippen molar-refractivity contribution in [2.24, 2.45) is 0 Å². The van der Waals surface area contributed by atoms with Crippen molar-refractivity contribution in [3.63, 3.8) is 0 Å². The number of hydrogen-bond donors (Lipinski definition) is 2. The predicted molar refractivity (Wildman–Crippen MR) is 95.5 cm³/mol. The van der Waals surface area contributed by atoms with Gasteiger partial charge in [-0.1, -0.05) is 23.2 Å². The second kappa shape index (κ2) is 6.74. The van der Waals surface area contributed by atoms with Gasteiger partial charge < -0.3 is 10.6 Å². The minimum absolute atomic E-state index is 0.463. The molecule has 2 N–H and O–H groups in total. The van der Waals surface area contributed by atoms with Crippen LogP contribution in [0.4, 0.5) is 11.4 Å². The first-order chi connectivity index (χ1) is 9.04. The van der Waals surface area contributed by atoms with Crippen LogP contribution < -0.4 is 10.6 Å². The first-order valence-corrected chi connectivity index (χ1v) is 7.57. The first-order valence-electron chi connectivity index (χ1n) is 5.33. The molecule has 0 heterocycles. The average Bonchev–Trinajstić information content (AvgIpc) is 2.37. The summed E-state index contributed by atoms with van der Waals surface area (Å²) >= 11 is 19.4. The molecule has 0 saturated heterocycles. The zero-order valence-electron chi connectivity index (χ0n) is 9.58. The maximum Gasteiger partial charge on any atom is 0.175 e. The van der Waals surface area contributed by atoms with Gasteiger partial charge in [0.1, 0.15) is 0 Å². The smallest absolute Gasteiger partial charge is 0.175 e. The first kappa shape index (κ1) is 14.8. The normalized spacial score (nSPS) is 10.1. The van der Waals surface area contributed by atoms with Gasteiger partial charge in [0, 0.05) is 14.3 Å². The van der Waals surface area contributed by atoms with Crippen LogP contribution in [0.3, 0.4) is 0 Å². The number of halogens is 3. The van der Waals surface area contributed by atoms with Crippen LogP contribution in [0.15, 0.2) is 42.5 Å². The minimum Gasteiger partial charge on any atom is -0.332 e. The summed E-state index contributed by atoms with van der Waals surface area (Å²) in [6.07, 6.45) is 0. The van der Waals surface area contributed by atoms with E-state index >= 15 is 0 Å². The van der Waals surface area contributed by atoms with Gasteiger partial charge in [0.05, 0.1) is 10.7 Å². The number of hydrogen-bond acceptors (Lipinski definition) is 1. The number of rotatable bonds is 2. The molecule has 0 aliphatic carbocycles. The molecular formula is C13H9Cl2IN2S. The Morgan fingerprint density at radius 1 is 1.00 bits per heavy atom. The van der Waals surface area contributed by atoms with E-state index in [-0.39, 0.29) is 0 Å².